The molecule has 9 nitrogen and oxygen atoms in total. The molecule has 31 heavy (non-hydrogen) atoms. The number of nitrogens with zero attached hydrogens (tertiary/aromatic N) is 3. The quantitative estimate of drug-likeness (QED) is 0.741. The Bertz CT molecular complexity index is 1190. The molecule has 0 saturated heterocycles. The summed E-state index contributed by atoms with van der Waals surface area (Å²) in [5, 5.41) is 12.8. The third-order valence-corrected chi connectivity index (χ3v) is 7.35. The lowest BCUT2D eigenvalue weighted by atomic mass is 9.99. The van der Waals surface area contributed by atoms with Crippen molar-refractivity contribution in [2.75, 3.05) is 19.0 Å². The third kappa shape index (κ3) is 3.60. The highest BCUT2D eigenvalue weighted by atomic mass is 32.2. The third-order valence-electron chi connectivity index (χ3n) is 6.00. The molecular weight excluding hydrogens is 425 g/mol. The minimum atomic E-state index is -3.60. The Hall–Kier alpha value is -2.50. The van der Waals surface area contributed by atoms with E-state index in [4.69, 9.17) is 14.6 Å². The van der Waals surface area contributed by atoms with E-state index in [9.17, 15) is 13.4 Å². The Morgan fingerprint density at radius 1 is 1.42 bits per heavy atom. The number of halogens is 1. The molecule has 2 heterocycles. The molecule has 1 aromatic heterocycles. The van der Waals surface area contributed by atoms with E-state index in [1.807, 2.05) is 0 Å². The molecular formula is C20H24FN5O4S. The molecule has 0 radical (unpaired) electrons. The average molecular weight is 450 g/mol. The van der Waals surface area contributed by atoms with E-state index in [-0.39, 0.29) is 23.3 Å². The van der Waals surface area contributed by atoms with Crippen LogP contribution in [0, 0.1) is 0 Å². The van der Waals surface area contributed by atoms with Crippen molar-refractivity contribution in [2.24, 2.45) is 9.50 Å². The fraction of sp³-hybridized carbons (Fsp3) is 0.500. The Morgan fingerprint density at radius 2 is 2.26 bits per heavy atom. The summed E-state index contributed by atoms with van der Waals surface area (Å²) in [5.74, 6) is 0.230. The first-order chi connectivity index (χ1) is 14.9. The molecule has 0 saturated carbocycles. The summed E-state index contributed by atoms with van der Waals surface area (Å²) in [7, 11) is -2.04. The SMILES string of the molecule is COCC1Cn2ncc(S(N)(=O)=NC(=O)Nc3c4c(cc5c3C[C@H](F)C5)CCC4)c2O1. The lowest BCUT2D eigenvalue weighted by Gasteiger charge is -2.15. The van der Waals surface area contributed by atoms with Crippen molar-refractivity contribution >= 4 is 21.6 Å². The largest absolute Gasteiger partial charge is 0.469 e. The fourth-order valence-electron chi connectivity index (χ4n) is 4.72. The number of carbonyl (C=O) groups excluding carboxylic acids is 1. The number of ether oxygens (including phenoxy) is 2. The number of hydrogen-bond donors (Lipinski definition) is 2. The zero-order valence-corrected chi connectivity index (χ0v) is 17.9. The van der Waals surface area contributed by atoms with Crippen molar-refractivity contribution in [3.63, 3.8) is 0 Å². The van der Waals surface area contributed by atoms with Crippen LogP contribution in [0.25, 0.3) is 0 Å². The van der Waals surface area contributed by atoms with Crippen molar-refractivity contribution < 1.29 is 22.9 Å². The van der Waals surface area contributed by atoms with Gasteiger partial charge in [0.05, 0.1) is 19.3 Å². The van der Waals surface area contributed by atoms with Gasteiger partial charge >= 0.3 is 6.03 Å². The Kier molecular flexibility index (Phi) is 4.98. The first-order valence-electron chi connectivity index (χ1n) is 10.2. The number of aryl methyl sites for hydroxylation is 1. The van der Waals surface area contributed by atoms with Crippen molar-refractivity contribution in [1.82, 2.24) is 9.78 Å². The van der Waals surface area contributed by atoms with E-state index in [0.29, 0.717) is 25.3 Å². The molecule has 2 unspecified atom stereocenters. The number of alkyl halides is 1. The molecule has 1 aliphatic heterocycles. The van der Waals surface area contributed by atoms with Gasteiger partial charge < -0.3 is 14.8 Å². The van der Waals surface area contributed by atoms with Crippen LogP contribution in [-0.2, 0) is 46.9 Å². The van der Waals surface area contributed by atoms with E-state index >= 15 is 0 Å². The van der Waals surface area contributed by atoms with Gasteiger partial charge in [-0.3, -0.25) is 0 Å². The molecule has 3 N–H and O–H groups in total. The van der Waals surface area contributed by atoms with Gasteiger partial charge in [0.2, 0.25) is 5.88 Å². The number of nitrogens with one attached hydrogen (secondary N) is 1. The van der Waals surface area contributed by atoms with E-state index < -0.39 is 22.1 Å². The van der Waals surface area contributed by atoms with Crippen molar-refractivity contribution in [3.8, 4) is 5.88 Å². The van der Waals surface area contributed by atoms with Crippen LogP contribution in [0.2, 0.25) is 0 Å². The van der Waals surface area contributed by atoms with Gasteiger partial charge in [-0.15, -0.1) is 4.36 Å². The second kappa shape index (κ2) is 7.57. The smallest absolute Gasteiger partial charge is 0.354 e. The molecule has 0 bridgehead atoms. The highest BCUT2D eigenvalue weighted by molar-refractivity contribution is 7.91. The standard InChI is InChI=1S/C20H24FN5O4S/c1-29-10-14-9-26-19(30-14)17(8-23-26)31(22,28)25-20(27)24-18-15-4-2-3-11(15)5-12-6-13(21)7-16(12)18/h5,8,13-14H,2-4,6-7,9-10H2,1H3,(H3,22,24,25,27,28)/t13-,14?,31?/m1/s1. The molecule has 3 aliphatic rings. The minimum absolute atomic E-state index is 0.0635. The Labute approximate surface area is 179 Å². The maximum Gasteiger partial charge on any atom is 0.354 e. The molecule has 2 amide bonds. The van der Waals surface area contributed by atoms with Crippen molar-refractivity contribution in [3.05, 3.63) is 34.5 Å². The second-order valence-electron chi connectivity index (χ2n) is 8.17. The number of methoxy groups -OCH3 is 1. The van der Waals surface area contributed by atoms with Gasteiger partial charge in [-0.05, 0) is 41.5 Å². The van der Waals surface area contributed by atoms with Crippen molar-refractivity contribution in [1.29, 1.82) is 0 Å². The number of amides is 2. The number of urea groups is 1. The van der Waals surface area contributed by atoms with Gasteiger partial charge in [0.1, 0.15) is 17.2 Å². The topological polar surface area (TPSA) is 121 Å². The van der Waals surface area contributed by atoms with Gasteiger partial charge in [-0.2, -0.15) is 5.10 Å². The molecule has 2 aromatic rings. The van der Waals surface area contributed by atoms with Gasteiger partial charge in [0, 0.05) is 25.6 Å². The van der Waals surface area contributed by atoms with E-state index in [2.05, 4.69) is 20.8 Å². The summed E-state index contributed by atoms with van der Waals surface area (Å²) in [4.78, 5) is 12.8. The molecule has 5 rings (SSSR count). The van der Waals surface area contributed by atoms with E-state index in [1.165, 1.54) is 10.9 Å². The van der Waals surface area contributed by atoms with Crippen molar-refractivity contribution in [2.45, 2.75) is 55.8 Å². The first kappa shape index (κ1) is 20.4. The van der Waals surface area contributed by atoms with Gasteiger partial charge in [-0.1, -0.05) is 6.07 Å². The normalized spacial score (nSPS) is 22.9. The van der Waals surface area contributed by atoms with Crippen LogP contribution in [-0.4, -0.2) is 46.0 Å². The molecule has 1 aromatic carbocycles. The van der Waals surface area contributed by atoms with Crippen LogP contribution in [0.15, 0.2) is 21.5 Å². The second-order valence-corrected chi connectivity index (χ2v) is 9.93. The summed E-state index contributed by atoms with van der Waals surface area (Å²) in [6, 6.07) is 1.23. The van der Waals surface area contributed by atoms with Gasteiger partial charge in [0.15, 0.2) is 9.92 Å². The van der Waals surface area contributed by atoms with Gasteiger partial charge in [-0.25, -0.2) is 23.2 Å². The maximum absolute atomic E-state index is 14.1. The van der Waals surface area contributed by atoms with Crippen LogP contribution in [0.5, 0.6) is 5.88 Å². The fourth-order valence-corrected chi connectivity index (χ4v) is 5.71. The molecule has 2 aliphatic carbocycles. The summed E-state index contributed by atoms with van der Waals surface area (Å²) in [6.45, 7) is 0.767. The summed E-state index contributed by atoms with van der Waals surface area (Å²) >= 11 is 0. The summed E-state index contributed by atoms with van der Waals surface area (Å²) in [5.41, 5.74) is 4.47. The molecule has 166 valence electrons. The molecule has 0 fully saturated rings. The van der Waals surface area contributed by atoms with E-state index in [0.717, 1.165) is 41.5 Å². The van der Waals surface area contributed by atoms with Gasteiger partial charge in [0.25, 0.3) is 0 Å². The maximum atomic E-state index is 14.1. The predicted molar refractivity (Wildman–Crippen MR) is 111 cm³/mol. The number of benzene rings is 1. The summed E-state index contributed by atoms with van der Waals surface area (Å²) in [6.07, 6.45) is 3.35. The molecule has 0 spiro atoms. The van der Waals surface area contributed by atoms with Crippen LogP contribution in [0.1, 0.15) is 28.7 Å². The Morgan fingerprint density at radius 3 is 3.06 bits per heavy atom. The number of aromatic nitrogens is 2. The average Bonchev–Trinajstić information content (AvgIpc) is 3.43. The number of hydrogen-bond acceptors (Lipinski definition) is 5. The van der Waals surface area contributed by atoms with E-state index in [1.54, 1.807) is 7.11 Å². The highest BCUT2D eigenvalue weighted by Gasteiger charge is 2.32. The molecule has 11 heteroatoms. The lowest BCUT2D eigenvalue weighted by Crippen LogP contribution is -2.22. The van der Waals surface area contributed by atoms with Crippen LogP contribution in [0.3, 0.4) is 0 Å². The molecule has 3 atom stereocenters. The number of rotatable bonds is 4. The monoisotopic (exact) mass is 449 g/mol. The number of carbonyl (C=O) groups is 1. The zero-order chi connectivity index (χ0) is 21.8. The van der Waals surface area contributed by atoms with Crippen LogP contribution >= 0.6 is 0 Å². The highest BCUT2D eigenvalue weighted by Crippen LogP contribution is 2.39. The number of anilines is 1. The zero-order valence-electron chi connectivity index (χ0n) is 17.1. The number of nitrogens with two attached hydrogens (primary N) is 1. The van der Waals surface area contributed by atoms with Crippen LogP contribution in [0.4, 0.5) is 14.9 Å². The Balaban J connectivity index is 1.44. The van der Waals surface area contributed by atoms with Crippen LogP contribution < -0.4 is 15.2 Å². The number of fused-ring (bicyclic) bond motifs is 3. The first-order valence-corrected chi connectivity index (χ1v) is 11.8. The lowest BCUT2D eigenvalue weighted by molar-refractivity contribution is 0.0920. The predicted octanol–water partition coefficient (Wildman–Crippen LogP) is 2.15. The summed E-state index contributed by atoms with van der Waals surface area (Å²) < 4.78 is 43.3. The minimum Gasteiger partial charge on any atom is -0.469 e.